The Kier molecular flexibility index (Phi) is 6.31. The van der Waals surface area contributed by atoms with Crippen LogP contribution in [0.2, 0.25) is 0 Å². The Morgan fingerprint density at radius 2 is 1.89 bits per heavy atom. The highest BCUT2D eigenvalue weighted by molar-refractivity contribution is 5.83. The van der Waals surface area contributed by atoms with E-state index in [1.165, 1.54) is 6.20 Å². The number of hydrogen-bond donors (Lipinski definition) is 4. The summed E-state index contributed by atoms with van der Waals surface area (Å²) < 4.78 is 0. The van der Waals surface area contributed by atoms with Crippen molar-refractivity contribution < 1.29 is 4.92 Å². The molecule has 0 saturated heterocycles. The van der Waals surface area contributed by atoms with Crippen LogP contribution in [0.1, 0.15) is 50.6 Å². The van der Waals surface area contributed by atoms with E-state index in [0.29, 0.717) is 30.8 Å². The predicted molar refractivity (Wildman–Crippen MR) is 110 cm³/mol. The molecule has 3 rings (SSSR count). The molecule has 2 atom stereocenters. The zero-order chi connectivity index (χ0) is 20.1. The lowest BCUT2D eigenvalue weighted by atomic mass is 9.77. The van der Waals surface area contributed by atoms with E-state index < -0.39 is 10.6 Å². The fourth-order valence-electron chi connectivity index (χ4n) is 4.14. The number of hydrogen-bond acceptors (Lipinski definition) is 5. The number of aliphatic imine (C=N–C) groups is 1. The molecule has 152 valence electrons. The fraction of sp³-hybridized carbons (Fsp3) is 0.550. The largest absolute Gasteiger partial charge is 0.330 e. The van der Waals surface area contributed by atoms with E-state index in [2.05, 4.69) is 15.6 Å². The van der Waals surface area contributed by atoms with E-state index in [9.17, 15) is 10.1 Å². The maximum atomic E-state index is 11.6. The van der Waals surface area contributed by atoms with Crippen LogP contribution in [0.3, 0.4) is 0 Å². The van der Waals surface area contributed by atoms with Crippen LogP contribution < -0.4 is 22.1 Å². The first kappa shape index (κ1) is 20.3. The van der Waals surface area contributed by atoms with Gasteiger partial charge in [0.05, 0.1) is 17.2 Å². The van der Waals surface area contributed by atoms with Gasteiger partial charge in [-0.2, -0.15) is 0 Å². The van der Waals surface area contributed by atoms with Gasteiger partial charge < -0.3 is 16.4 Å². The molecule has 1 fully saturated rings. The van der Waals surface area contributed by atoms with Gasteiger partial charge in [0.25, 0.3) is 0 Å². The molecule has 0 spiro atoms. The minimum Gasteiger partial charge on any atom is -0.330 e. The van der Waals surface area contributed by atoms with Crippen LogP contribution in [0.15, 0.2) is 47.2 Å². The lowest BCUT2D eigenvalue weighted by molar-refractivity contribution is -0.437. The second kappa shape index (κ2) is 8.70. The van der Waals surface area contributed by atoms with Crippen molar-refractivity contribution in [3.63, 3.8) is 0 Å². The van der Waals surface area contributed by atoms with Gasteiger partial charge in [0.15, 0.2) is 11.6 Å². The smallest absolute Gasteiger partial charge is 0.301 e. The lowest BCUT2D eigenvalue weighted by Crippen LogP contribution is -2.64. The quantitative estimate of drug-likeness (QED) is 0.438. The molecule has 8 nitrogen and oxygen atoms in total. The zero-order valence-corrected chi connectivity index (χ0v) is 16.3. The van der Waals surface area contributed by atoms with Crippen LogP contribution in [-0.2, 0) is 0 Å². The maximum absolute atomic E-state index is 11.6. The second-order valence-corrected chi connectivity index (χ2v) is 7.92. The van der Waals surface area contributed by atoms with Crippen LogP contribution in [-0.4, -0.2) is 23.1 Å². The van der Waals surface area contributed by atoms with Crippen LogP contribution in [0.25, 0.3) is 0 Å². The summed E-state index contributed by atoms with van der Waals surface area (Å²) in [5, 5.41) is 17.6. The Balaban J connectivity index is 1.76. The summed E-state index contributed by atoms with van der Waals surface area (Å²) in [6.07, 6.45) is 5.97. The summed E-state index contributed by atoms with van der Waals surface area (Å²) in [6, 6.07) is 9.78. The first-order valence-electron chi connectivity index (χ1n) is 9.92. The van der Waals surface area contributed by atoms with Crippen LogP contribution in [0.5, 0.6) is 0 Å². The SMILES string of the molecule is C[C@H](N=C1NC=C([N+](=O)[O-])C(N)(CC2CCC(CN)CC2)N1)c1ccccc1. The van der Waals surface area contributed by atoms with Gasteiger partial charge in [-0.15, -0.1) is 0 Å². The lowest BCUT2D eigenvalue weighted by Gasteiger charge is -2.37. The molecule has 0 bridgehead atoms. The van der Waals surface area contributed by atoms with Crippen LogP contribution in [0.4, 0.5) is 0 Å². The van der Waals surface area contributed by atoms with Gasteiger partial charge in [0.2, 0.25) is 0 Å². The van der Waals surface area contributed by atoms with Crippen molar-refractivity contribution in [3.05, 3.63) is 57.9 Å². The third kappa shape index (κ3) is 4.69. The van der Waals surface area contributed by atoms with Gasteiger partial charge in [0.1, 0.15) is 0 Å². The summed E-state index contributed by atoms with van der Waals surface area (Å²) in [5.41, 5.74) is 12.1. The molecule has 1 heterocycles. The van der Waals surface area contributed by atoms with Crippen molar-refractivity contribution in [2.75, 3.05) is 6.54 Å². The zero-order valence-electron chi connectivity index (χ0n) is 16.3. The molecule has 8 heteroatoms. The molecule has 1 aromatic carbocycles. The molecule has 1 aromatic rings. The van der Waals surface area contributed by atoms with Crippen molar-refractivity contribution in [1.29, 1.82) is 0 Å². The van der Waals surface area contributed by atoms with Gasteiger partial charge in [-0.25, -0.2) is 4.99 Å². The van der Waals surface area contributed by atoms with E-state index in [1.54, 1.807) is 0 Å². The van der Waals surface area contributed by atoms with Crippen molar-refractivity contribution in [3.8, 4) is 0 Å². The van der Waals surface area contributed by atoms with Gasteiger partial charge in [0, 0.05) is 0 Å². The number of guanidine groups is 1. The topological polar surface area (TPSA) is 132 Å². The molecule has 1 unspecified atom stereocenters. The number of nitro groups is 1. The Morgan fingerprint density at radius 3 is 2.50 bits per heavy atom. The normalized spacial score (nSPS) is 30.1. The van der Waals surface area contributed by atoms with E-state index in [-0.39, 0.29) is 11.7 Å². The number of nitrogens with zero attached hydrogens (tertiary/aromatic N) is 2. The maximum Gasteiger partial charge on any atom is 0.301 e. The van der Waals surface area contributed by atoms with Crippen molar-refractivity contribution >= 4 is 5.96 Å². The van der Waals surface area contributed by atoms with Gasteiger partial charge in [-0.05, 0) is 63.0 Å². The van der Waals surface area contributed by atoms with Crippen LogP contribution in [0, 0.1) is 22.0 Å². The summed E-state index contributed by atoms with van der Waals surface area (Å²) in [4.78, 5) is 15.8. The standard InChI is InChI=1S/C20H30N6O2/c1-14(17-5-3-2-4-6-17)24-19-23-13-18(26(27)28)20(22,25-19)11-15-7-9-16(12-21)10-8-15/h2-6,13-16H,7-12,21-22H2,1H3,(H2,23,24,25)/t14-,15?,16?,20?/m0/s1. The minimum absolute atomic E-state index is 0.0558. The molecule has 1 aliphatic heterocycles. The van der Waals surface area contributed by atoms with E-state index in [1.807, 2.05) is 37.3 Å². The molecule has 0 radical (unpaired) electrons. The molecular weight excluding hydrogens is 356 g/mol. The van der Waals surface area contributed by atoms with E-state index in [4.69, 9.17) is 11.5 Å². The Morgan fingerprint density at radius 1 is 1.25 bits per heavy atom. The molecular formula is C20H30N6O2. The number of nitrogens with one attached hydrogen (secondary N) is 2. The third-order valence-corrected chi connectivity index (χ3v) is 5.86. The van der Waals surface area contributed by atoms with Crippen molar-refractivity contribution in [2.24, 2.45) is 28.3 Å². The second-order valence-electron chi connectivity index (χ2n) is 7.92. The summed E-state index contributed by atoms with van der Waals surface area (Å²) >= 11 is 0. The number of benzene rings is 1. The molecule has 28 heavy (non-hydrogen) atoms. The van der Waals surface area contributed by atoms with Gasteiger partial charge in [-0.3, -0.25) is 15.8 Å². The number of rotatable bonds is 6. The fourth-order valence-corrected chi connectivity index (χ4v) is 4.14. The third-order valence-electron chi connectivity index (χ3n) is 5.86. The average Bonchev–Trinajstić information content (AvgIpc) is 2.68. The molecule has 1 saturated carbocycles. The Hall–Kier alpha value is -2.45. The molecule has 0 amide bonds. The molecule has 6 N–H and O–H groups in total. The number of nitrogens with two attached hydrogens (primary N) is 2. The van der Waals surface area contributed by atoms with Crippen molar-refractivity contribution in [1.82, 2.24) is 10.6 Å². The molecule has 0 aromatic heterocycles. The van der Waals surface area contributed by atoms with Gasteiger partial charge in [-0.1, -0.05) is 30.3 Å². The van der Waals surface area contributed by atoms with E-state index in [0.717, 1.165) is 31.2 Å². The summed E-state index contributed by atoms with van der Waals surface area (Å²) in [7, 11) is 0. The van der Waals surface area contributed by atoms with Crippen LogP contribution >= 0.6 is 0 Å². The highest BCUT2D eigenvalue weighted by atomic mass is 16.6. The Labute approximate surface area is 165 Å². The highest BCUT2D eigenvalue weighted by Crippen LogP contribution is 2.34. The first-order valence-corrected chi connectivity index (χ1v) is 9.92. The first-order chi connectivity index (χ1) is 13.4. The minimum atomic E-state index is -1.25. The van der Waals surface area contributed by atoms with E-state index >= 15 is 0 Å². The van der Waals surface area contributed by atoms with Gasteiger partial charge >= 0.3 is 5.70 Å². The summed E-state index contributed by atoms with van der Waals surface area (Å²) in [5.74, 6) is 1.34. The average molecular weight is 387 g/mol. The Bertz CT molecular complexity index is 742. The molecule has 1 aliphatic carbocycles. The highest BCUT2D eigenvalue weighted by Gasteiger charge is 2.44. The summed E-state index contributed by atoms with van der Waals surface area (Å²) in [6.45, 7) is 2.68. The van der Waals surface area contributed by atoms with Crippen molar-refractivity contribution in [2.45, 2.75) is 50.7 Å². The molecule has 2 aliphatic rings. The monoisotopic (exact) mass is 386 g/mol. The predicted octanol–water partition coefficient (Wildman–Crippen LogP) is 2.22.